The second-order valence-corrected chi connectivity index (χ2v) is 12.8. The first-order chi connectivity index (χ1) is 14.8. The van der Waals surface area contributed by atoms with Crippen molar-refractivity contribution >= 4 is 18.0 Å². The number of Topliss-reactive ketones (excluding diaryl/α,β-unsaturated/α-hetero) is 1. The number of carbonyl (C=O) groups is 3. The molecule has 0 radical (unpaired) electrons. The molecule has 8 atom stereocenters. The van der Waals surface area contributed by atoms with E-state index in [4.69, 9.17) is 4.74 Å². The predicted octanol–water partition coefficient (Wildman–Crippen LogP) is 5.93. The molecule has 0 N–H and O–H groups in total. The molecule has 0 aromatic heterocycles. The summed E-state index contributed by atoms with van der Waals surface area (Å²) in [6, 6.07) is 0. The van der Waals surface area contributed by atoms with Crippen LogP contribution in [-0.4, -0.2) is 24.1 Å². The molecular formula is C28H42O4. The van der Waals surface area contributed by atoms with Gasteiger partial charge in [-0.05, 0) is 79.4 Å². The number of rotatable bonds is 3. The minimum atomic E-state index is -0.554. The van der Waals surface area contributed by atoms with Crippen molar-refractivity contribution in [2.45, 2.75) is 99.5 Å². The first-order valence-corrected chi connectivity index (χ1v) is 12.7. The number of hydrogen-bond donors (Lipinski definition) is 0. The maximum absolute atomic E-state index is 12.5. The molecule has 0 aromatic rings. The Hall–Kier alpha value is -1.45. The summed E-state index contributed by atoms with van der Waals surface area (Å²) in [4.78, 5) is 37.2. The third-order valence-corrected chi connectivity index (χ3v) is 11.0. The van der Waals surface area contributed by atoms with Gasteiger partial charge in [-0.15, -0.1) is 0 Å². The van der Waals surface area contributed by atoms with Gasteiger partial charge in [-0.1, -0.05) is 47.1 Å². The lowest BCUT2D eigenvalue weighted by atomic mass is 9.34. The van der Waals surface area contributed by atoms with E-state index >= 15 is 0 Å². The van der Waals surface area contributed by atoms with Crippen LogP contribution in [-0.2, 0) is 19.1 Å². The number of aldehydes is 1. The van der Waals surface area contributed by atoms with Crippen LogP contribution >= 0.6 is 0 Å². The van der Waals surface area contributed by atoms with E-state index in [-0.39, 0.29) is 34.6 Å². The molecule has 0 aromatic carbocycles. The molecule has 4 aliphatic rings. The number of ketones is 1. The smallest absolute Gasteiger partial charge is 0.302 e. The van der Waals surface area contributed by atoms with Gasteiger partial charge in [0.2, 0.25) is 0 Å². The number of fused-ring (bicyclic) bond motifs is 5. The summed E-state index contributed by atoms with van der Waals surface area (Å²) in [5, 5.41) is 0. The Balaban J connectivity index is 1.86. The Morgan fingerprint density at radius 1 is 0.969 bits per heavy atom. The second-order valence-electron chi connectivity index (χ2n) is 12.8. The van der Waals surface area contributed by atoms with Gasteiger partial charge in [0, 0.05) is 17.9 Å². The maximum atomic E-state index is 12.5. The highest BCUT2D eigenvalue weighted by Gasteiger charge is 2.69. The summed E-state index contributed by atoms with van der Waals surface area (Å²) in [6.07, 6.45) is 10.3. The summed E-state index contributed by atoms with van der Waals surface area (Å²) < 4.78 is 6.06. The monoisotopic (exact) mass is 442 g/mol. The minimum Gasteiger partial charge on any atom is -0.462 e. The number of carbonyl (C=O) groups excluding carboxylic acids is 3. The van der Waals surface area contributed by atoms with E-state index < -0.39 is 11.3 Å². The molecule has 4 nitrogen and oxygen atoms in total. The van der Waals surface area contributed by atoms with E-state index in [1.54, 1.807) is 6.92 Å². The molecular weight excluding hydrogens is 400 g/mol. The summed E-state index contributed by atoms with van der Waals surface area (Å²) in [7, 11) is 0. The van der Waals surface area contributed by atoms with Crippen molar-refractivity contribution in [3.8, 4) is 0 Å². The summed E-state index contributed by atoms with van der Waals surface area (Å²) >= 11 is 0. The van der Waals surface area contributed by atoms with Crippen molar-refractivity contribution < 1.29 is 19.1 Å². The third-order valence-electron chi connectivity index (χ3n) is 11.0. The molecule has 0 spiro atoms. The van der Waals surface area contributed by atoms with Crippen LogP contribution in [0.5, 0.6) is 0 Å². The van der Waals surface area contributed by atoms with Gasteiger partial charge in [-0.25, -0.2) is 0 Å². The zero-order valence-electron chi connectivity index (χ0n) is 21.1. The molecule has 0 amide bonds. The Labute approximate surface area is 193 Å². The summed E-state index contributed by atoms with van der Waals surface area (Å²) in [6.45, 7) is 15.0. The fourth-order valence-electron chi connectivity index (χ4n) is 9.65. The van der Waals surface area contributed by atoms with Gasteiger partial charge in [0.05, 0.1) is 5.92 Å². The van der Waals surface area contributed by atoms with Gasteiger partial charge >= 0.3 is 5.97 Å². The molecule has 178 valence electrons. The predicted molar refractivity (Wildman–Crippen MR) is 125 cm³/mol. The maximum Gasteiger partial charge on any atom is 0.302 e. The third kappa shape index (κ3) is 3.10. The topological polar surface area (TPSA) is 60.4 Å². The van der Waals surface area contributed by atoms with Crippen molar-refractivity contribution in [1.82, 2.24) is 0 Å². The van der Waals surface area contributed by atoms with Gasteiger partial charge < -0.3 is 9.53 Å². The van der Waals surface area contributed by atoms with Crippen molar-refractivity contribution in [3.05, 3.63) is 11.6 Å². The fourth-order valence-corrected chi connectivity index (χ4v) is 9.65. The molecule has 3 unspecified atom stereocenters. The van der Waals surface area contributed by atoms with E-state index in [0.717, 1.165) is 25.5 Å². The Kier molecular flexibility index (Phi) is 5.58. The van der Waals surface area contributed by atoms with Crippen molar-refractivity contribution in [3.63, 3.8) is 0 Å². The highest BCUT2D eigenvalue weighted by molar-refractivity contribution is 5.97. The largest absolute Gasteiger partial charge is 0.462 e. The average Bonchev–Trinajstić information content (AvgIpc) is 2.67. The molecule has 4 aliphatic carbocycles. The molecule has 32 heavy (non-hydrogen) atoms. The molecule has 3 fully saturated rings. The van der Waals surface area contributed by atoms with E-state index in [0.29, 0.717) is 22.8 Å². The van der Waals surface area contributed by atoms with Crippen LogP contribution in [0.25, 0.3) is 0 Å². The molecule has 4 heteroatoms. The normalized spacial score (nSPS) is 47.2. The van der Waals surface area contributed by atoms with E-state index in [2.05, 4.69) is 34.6 Å². The first kappa shape index (κ1) is 23.7. The Morgan fingerprint density at radius 2 is 1.62 bits per heavy atom. The average molecular weight is 443 g/mol. The number of ether oxygens (including phenoxy) is 1. The molecule has 0 aliphatic heterocycles. The highest BCUT2D eigenvalue weighted by Crippen LogP contribution is 2.73. The lowest BCUT2D eigenvalue weighted by molar-refractivity contribution is -0.238. The van der Waals surface area contributed by atoms with Crippen molar-refractivity contribution in [2.24, 2.45) is 45.3 Å². The fraction of sp³-hybridized carbons (Fsp3) is 0.821. The van der Waals surface area contributed by atoms with E-state index in [1.165, 1.54) is 32.6 Å². The SMILES string of the molecule is CC(=O)O[C@H]1CC2[C@@]3(C)CCCC(C)(C)C3CC[C@@]2(C)C2CC=C(C(C)=O)[C@H](C=O)[C@]21C. The van der Waals surface area contributed by atoms with E-state index in [9.17, 15) is 14.4 Å². The van der Waals surface area contributed by atoms with Gasteiger partial charge in [0.25, 0.3) is 0 Å². The Morgan fingerprint density at radius 3 is 2.22 bits per heavy atom. The van der Waals surface area contributed by atoms with Crippen LogP contribution < -0.4 is 0 Å². The standard InChI is InChI=1S/C28H42O4/c1-17(30)19-9-10-22-27(6)14-11-21-25(3,4)12-8-13-26(21,5)23(27)15-24(32-18(2)31)28(22,7)20(19)16-29/h9,16,20-24H,8,10-15H2,1-7H3/t20-,21?,22?,23?,24-,26-,27-,28+/m0/s1. The quantitative estimate of drug-likeness (QED) is 0.402. The van der Waals surface area contributed by atoms with Crippen LogP contribution in [0.1, 0.15) is 93.4 Å². The van der Waals surface area contributed by atoms with Crippen LogP contribution in [0.3, 0.4) is 0 Å². The number of esters is 1. The molecule has 0 bridgehead atoms. The van der Waals surface area contributed by atoms with Crippen molar-refractivity contribution in [2.75, 3.05) is 0 Å². The lowest BCUT2D eigenvalue weighted by Crippen LogP contribution is -2.67. The first-order valence-electron chi connectivity index (χ1n) is 12.7. The van der Waals surface area contributed by atoms with E-state index in [1.807, 2.05) is 6.08 Å². The summed E-state index contributed by atoms with van der Waals surface area (Å²) in [5.41, 5.74) is 0.643. The van der Waals surface area contributed by atoms with Crippen LogP contribution in [0.2, 0.25) is 0 Å². The zero-order valence-corrected chi connectivity index (χ0v) is 21.1. The van der Waals surface area contributed by atoms with Gasteiger partial charge in [-0.2, -0.15) is 0 Å². The van der Waals surface area contributed by atoms with Gasteiger partial charge in [0.15, 0.2) is 5.78 Å². The van der Waals surface area contributed by atoms with Gasteiger partial charge in [0.1, 0.15) is 12.4 Å². The highest BCUT2D eigenvalue weighted by atomic mass is 16.5. The number of hydrogen-bond acceptors (Lipinski definition) is 4. The molecule has 3 saturated carbocycles. The Bertz CT molecular complexity index is 855. The molecule has 0 heterocycles. The minimum absolute atomic E-state index is 0.0414. The molecule has 4 rings (SSSR count). The van der Waals surface area contributed by atoms with Gasteiger partial charge in [-0.3, -0.25) is 9.59 Å². The molecule has 0 saturated heterocycles. The number of allylic oxidation sites excluding steroid dienone is 2. The van der Waals surface area contributed by atoms with Crippen LogP contribution in [0.4, 0.5) is 0 Å². The lowest BCUT2D eigenvalue weighted by Gasteiger charge is -2.70. The summed E-state index contributed by atoms with van der Waals surface area (Å²) in [5.74, 6) is 0.464. The van der Waals surface area contributed by atoms with Crippen LogP contribution in [0.15, 0.2) is 11.6 Å². The van der Waals surface area contributed by atoms with Crippen LogP contribution in [0, 0.1) is 45.3 Å². The zero-order chi connectivity index (χ0) is 23.7. The van der Waals surface area contributed by atoms with Crippen molar-refractivity contribution in [1.29, 1.82) is 0 Å². The second kappa shape index (κ2) is 7.53.